The Morgan fingerprint density at radius 2 is 1.39 bits per heavy atom. The first kappa shape index (κ1) is 59.1. The van der Waals surface area contributed by atoms with Gasteiger partial charge in [0.05, 0.1) is 23.6 Å². The van der Waals surface area contributed by atoms with E-state index in [1.807, 2.05) is 0 Å². The minimum absolute atomic E-state index is 0.0441. The number of benzene rings is 3. The van der Waals surface area contributed by atoms with Gasteiger partial charge in [0.15, 0.2) is 15.5 Å². The number of hydrogen-bond acceptors (Lipinski definition) is 15. The molecule has 0 fully saturated rings. The van der Waals surface area contributed by atoms with Gasteiger partial charge in [-0.1, -0.05) is 38.1 Å². The first-order valence-electron chi connectivity index (χ1n) is 24.4. The zero-order valence-electron chi connectivity index (χ0n) is 44.7. The van der Waals surface area contributed by atoms with Crippen LogP contribution < -0.4 is 30.9 Å². The van der Waals surface area contributed by atoms with E-state index in [0.717, 1.165) is 16.7 Å². The van der Waals surface area contributed by atoms with E-state index in [2.05, 4.69) is 31.3 Å². The molecule has 5 aromatic rings. The molecule has 3 aromatic carbocycles. The number of pyridine rings is 1. The number of fused-ring (bicyclic) bond motifs is 1. The van der Waals surface area contributed by atoms with Gasteiger partial charge >= 0.3 is 24.2 Å². The molecule has 5 rings (SSSR count). The lowest BCUT2D eigenvalue weighted by Gasteiger charge is -2.27. The predicted molar refractivity (Wildman–Crippen MR) is 280 cm³/mol. The highest BCUT2D eigenvalue weighted by Crippen LogP contribution is 2.36. The fourth-order valence-electron chi connectivity index (χ4n) is 7.30. The van der Waals surface area contributed by atoms with Gasteiger partial charge in [0, 0.05) is 43.2 Å². The molecule has 410 valence electrons. The number of nitrogens with zero attached hydrogens (tertiary/aromatic N) is 4. The van der Waals surface area contributed by atoms with Crippen molar-refractivity contribution < 1.29 is 65.3 Å². The molecule has 21 nitrogen and oxygen atoms in total. The lowest BCUT2D eigenvalue weighted by molar-refractivity contribution is -0.169. The fraction of sp³-hybridized carbons (Fsp3) is 0.434. The van der Waals surface area contributed by atoms with Crippen molar-refractivity contribution in [3.8, 4) is 16.9 Å². The number of nitrogens with one attached hydrogen (secondary N) is 4. The van der Waals surface area contributed by atoms with Crippen molar-refractivity contribution in [2.45, 2.75) is 129 Å². The van der Waals surface area contributed by atoms with Crippen molar-refractivity contribution in [2.24, 2.45) is 5.92 Å². The van der Waals surface area contributed by atoms with Gasteiger partial charge < -0.3 is 45.0 Å². The number of ether oxygens (including phenoxy) is 5. The van der Waals surface area contributed by atoms with Crippen LogP contribution in [0.3, 0.4) is 0 Å². The first-order chi connectivity index (χ1) is 35.5. The number of unbranched alkanes of at least 4 members (excludes halogenated alkanes) is 1. The van der Waals surface area contributed by atoms with Gasteiger partial charge in [-0.25, -0.2) is 41.4 Å². The van der Waals surface area contributed by atoms with Crippen LogP contribution in [0.1, 0.15) is 100.0 Å². The average molecular weight is 1080 g/mol. The topological polar surface area (TPSA) is 264 Å². The summed E-state index contributed by atoms with van der Waals surface area (Å²) < 4.78 is 67.4. The van der Waals surface area contributed by atoms with Crippen LogP contribution in [0.5, 0.6) is 5.75 Å². The van der Waals surface area contributed by atoms with Crippen LogP contribution in [0, 0.1) is 11.7 Å². The number of aromatic nitrogens is 3. The van der Waals surface area contributed by atoms with Gasteiger partial charge in [-0.15, -0.1) is 5.10 Å². The summed E-state index contributed by atoms with van der Waals surface area (Å²) >= 11 is 0. The lowest BCUT2D eigenvalue weighted by atomic mass is 10.00. The minimum Gasteiger partial charge on any atom is -0.495 e. The maximum atomic E-state index is 14.4. The van der Waals surface area contributed by atoms with E-state index < -0.39 is 87.2 Å². The number of sulfone groups is 1. The van der Waals surface area contributed by atoms with Crippen LogP contribution in [-0.2, 0) is 43.2 Å². The van der Waals surface area contributed by atoms with E-state index in [9.17, 15) is 41.6 Å². The molecule has 0 saturated carbocycles. The number of anilines is 3. The van der Waals surface area contributed by atoms with Crippen LogP contribution in [0.15, 0.2) is 90.0 Å². The standard InChI is InChI=1S/C53H67FN8O13S/c1-31(2)44(59-46(64)40(57-50(67)75-53(8,9)10)15-13-14-28-55-49(66)74-52(5,6)7)47(65)72-33(4)73-51(68)62(41-26-25-39(76(12,69)70)29-42(41)71-11)48-58-43-27-20-36(30-61(43)60-48)35-18-23-38(24-19-35)56-45(63)32(3)34-16-21-37(54)22-17-34/h16-27,29-33,40,44H,13-15,28H2,1-12H3,(H,55,66)(H,56,63)(H,57,67)(H,59,64)/t32-,33?,40+,44+/m1/s1. The summed E-state index contributed by atoms with van der Waals surface area (Å²) in [6.07, 6.45) is -0.768. The molecule has 76 heavy (non-hydrogen) atoms. The Hall–Kier alpha value is -7.82. The van der Waals surface area contributed by atoms with Crippen LogP contribution in [0.25, 0.3) is 16.8 Å². The van der Waals surface area contributed by atoms with Gasteiger partial charge in [0.25, 0.3) is 5.95 Å². The van der Waals surface area contributed by atoms with Gasteiger partial charge in [0.2, 0.25) is 18.1 Å². The number of rotatable bonds is 20. The summed E-state index contributed by atoms with van der Waals surface area (Å²) in [4.78, 5) is 85.4. The van der Waals surface area contributed by atoms with E-state index in [4.69, 9.17) is 23.7 Å². The largest absolute Gasteiger partial charge is 0.495 e. The van der Waals surface area contributed by atoms with E-state index in [-0.39, 0.29) is 46.8 Å². The smallest absolute Gasteiger partial charge is 0.424 e. The summed E-state index contributed by atoms with van der Waals surface area (Å²) in [6.45, 7) is 16.7. The highest BCUT2D eigenvalue weighted by atomic mass is 32.2. The third kappa shape index (κ3) is 17.1. The Balaban J connectivity index is 1.34. The number of halogens is 1. The van der Waals surface area contributed by atoms with Gasteiger partial charge in [-0.3, -0.25) is 9.59 Å². The number of amides is 5. The molecular formula is C53H67FN8O13S. The highest BCUT2D eigenvalue weighted by Gasteiger charge is 2.34. The molecule has 0 bridgehead atoms. The maximum Gasteiger partial charge on any atom is 0.424 e. The van der Waals surface area contributed by atoms with Crippen molar-refractivity contribution in [1.82, 2.24) is 30.5 Å². The second kappa shape index (κ2) is 25.1. The molecule has 0 aliphatic heterocycles. The second-order valence-corrected chi connectivity index (χ2v) is 22.2. The molecule has 2 heterocycles. The third-order valence-electron chi connectivity index (χ3n) is 11.1. The fourth-order valence-corrected chi connectivity index (χ4v) is 7.94. The summed E-state index contributed by atoms with van der Waals surface area (Å²) in [5, 5.41) is 15.3. The van der Waals surface area contributed by atoms with Gasteiger partial charge in [0.1, 0.15) is 34.9 Å². The molecule has 0 spiro atoms. The number of hydrogen-bond donors (Lipinski definition) is 4. The molecule has 0 radical (unpaired) electrons. The second-order valence-electron chi connectivity index (χ2n) is 20.2. The molecule has 0 aliphatic rings. The zero-order chi connectivity index (χ0) is 56.3. The van der Waals surface area contributed by atoms with Crippen molar-refractivity contribution in [3.05, 3.63) is 96.4 Å². The SMILES string of the molecule is COc1cc(S(C)(=O)=O)ccc1N(C(=O)OC(C)OC(=O)[C@@H](NC(=O)[C@H](CCCCNC(=O)OC(C)(C)C)NC(=O)OC(C)(C)C)C(C)C)c1nc2ccc(-c3ccc(NC(=O)[C@H](C)c4ccc(F)cc4)cc3)cn2n1. The van der Waals surface area contributed by atoms with Crippen LogP contribution in [0.4, 0.5) is 36.1 Å². The maximum absolute atomic E-state index is 14.4. The normalized spacial score (nSPS) is 13.3. The quantitative estimate of drug-likeness (QED) is 0.0246. The minimum atomic E-state index is -3.75. The monoisotopic (exact) mass is 1070 g/mol. The number of carbonyl (C=O) groups excluding carboxylic acids is 6. The van der Waals surface area contributed by atoms with Crippen molar-refractivity contribution in [2.75, 3.05) is 30.1 Å². The van der Waals surface area contributed by atoms with Crippen LogP contribution >= 0.6 is 0 Å². The first-order valence-corrected chi connectivity index (χ1v) is 26.3. The van der Waals surface area contributed by atoms with E-state index >= 15 is 0 Å². The molecule has 4 atom stereocenters. The van der Waals surface area contributed by atoms with Crippen LogP contribution in [-0.4, -0.2) is 109 Å². The predicted octanol–water partition coefficient (Wildman–Crippen LogP) is 8.58. The van der Waals surface area contributed by atoms with Gasteiger partial charge in [-0.2, -0.15) is 4.98 Å². The molecule has 5 amide bonds. The number of alkyl carbamates (subject to hydrolysis) is 2. The summed E-state index contributed by atoms with van der Waals surface area (Å²) in [5.41, 5.74) is 1.21. The Labute approximate surface area is 441 Å². The Morgan fingerprint density at radius 1 is 0.763 bits per heavy atom. The van der Waals surface area contributed by atoms with Crippen molar-refractivity contribution >= 4 is 68.9 Å². The number of carbonyl (C=O) groups is 6. The summed E-state index contributed by atoms with van der Waals surface area (Å²) in [5.74, 6) is -3.88. The van der Waals surface area contributed by atoms with Crippen LogP contribution in [0.2, 0.25) is 0 Å². The Kier molecular flexibility index (Phi) is 19.5. The Morgan fingerprint density at radius 3 is 2.00 bits per heavy atom. The molecule has 1 unspecified atom stereocenters. The van der Waals surface area contributed by atoms with E-state index in [0.29, 0.717) is 29.7 Å². The van der Waals surface area contributed by atoms with Crippen molar-refractivity contribution in [1.29, 1.82) is 0 Å². The average Bonchev–Trinajstić information content (AvgIpc) is 3.74. The number of esters is 1. The lowest BCUT2D eigenvalue weighted by Crippen LogP contribution is -2.54. The molecule has 0 aliphatic carbocycles. The molecule has 0 saturated heterocycles. The van der Waals surface area contributed by atoms with E-state index in [1.165, 1.54) is 48.9 Å². The summed E-state index contributed by atoms with van der Waals surface area (Å²) in [6, 6.07) is 17.4. The number of methoxy groups -OCH3 is 1. The third-order valence-corrected chi connectivity index (χ3v) is 12.2. The molecule has 4 N–H and O–H groups in total. The van der Waals surface area contributed by atoms with Gasteiger partial charge in [-0.05, 0) is 133 Å². The van der Waals surface area contributed by atoms with E-state index in [1.54, 1.807) is 117 Å². The zero-order valence-corrected chi connectivity index (χ0v) is 45.5. The highest BCUT2D eigenvalue weighted by molar-refractivity contribution is 7.90. The summed E-state index contributed by atoms with van der Waals surface area (Å²) in [7, 11) is -2.48. The van der Waals surface area contributed by atoms with Crippen molar-refractivity contribution in [3.63, 3.8) is 0 Å². The molecule has 23 heteroatoms. The molecular weight excluding hydrogens is 1010 g/mol. The Bertz CT molecular complexity index is 2990. The molecule has 2 aromatic heterocycles.